The van der Waals surface area contributed by atoms with Gasteiger partial charge in [0, 0.05) is 37.8 Å². The van der Waals surface area contributed by atoms with Gasteiger partial charge in [0.15, 0.2) is 5.78 Å². The molecule has 0 atom stereocenters. The van der Waals surface area contributed by atoms with E-state index >= 15 is 0 Å². The van der Waals surface area contributed by atoms with Crippen molar-refractivity contribution >= 4 is 21.8 Å². The summed E-state index contributed by atoms with van der Waals surface area (Å²) in [7, 11) is -3.60. The Hall–Kier alpha value is -1.93. The minimum absolute atomic E-state index is 0.103. The Kier molecular flexibility index (Phi) is 4.60. The molecule has 1 aliphatic carbocycles. The van der Waals surface area contributed by atoms with Crippen LogP contribution in [0.1, 0.15) is 30.1 Å². The highest BCUT2D eigenvalue weighted by Gasteiger charge is 2.32. The lowest BCUT2D eigenvalue weighted by Crippen LogP contribution is -2.53. The van der Waals surface area contributed by atoms with Crippen LogP contribution in [-0.2, 0) is 10.0 Å². The number of hydrogen-bond donors (Lipinski definition) is 1. The number of Topliss-reactive ketones (excluding diaryl/α,β-unsaturated/α-hetero) is 1. The fourth-order valence-electron chi connectivity index (χ4n) is 2.64. The van der Waals surface area contributed by atoms with E-state index in [0.29, 0.717) is 24.7 Å². The molecule has 130 valence electrons. The molecule has 2 aliphatic rings. The van der Waals surface area contributed by atoms with Gasteiger partial charge in [-0.1, -0.05) is 12.1 Å². The molecule has 1 aromatic rings. The second-order valence-corrected chi connectivity index (χ2v) is 8.13. The summed E-state index contributed by atoms with van der Waals surface area (Å²) in [5, 5.41) is 2.91. The van der Waals surface area contributed by atoms with E-state index in [1.165, 1.54) is 35.5 Å². The third kappa shape index (κ3) is 3.59. The first-order chi connectivity index (χ1) is 11.4. The molecule has 1 heterocycles. The number of ketones is 1. The summed E-state index contributed by atoms with van der Waals surface area (Å²) in [4.78, 5) is 25.1. The van der Waals surface area contributed by atoms with Crippen molar-refractivity contribution in [2.45, 2.75) is 30.7 Å². The van der Waals surface area contributed by atoms with Gasteiger partial charge in [-0.05, 0) is 31.9 Å². The topological polar surface area (TPSA) is 86.8 Å². The second-order valence-electron chi connectivity index (χ2n) is 6.20. The highest BCUT2D eigenvalue weighted by Crippen LogP contribution is 2.21. The number of piperazine rings is 1. The third-order valence-corrected chi connectivity index (χ3v) is 6.24. The summed E-state index contributed by atoms with van der Waals surface area (Å²) >= 11 is 0. The van der Waals surface area contributed by atoms with Crippen LogP contribution in [-0.4, -0.2) is 61.7 Å². The van der Waals surface area contributed by atoms with Gasteiger partial charge in [-0.2, -0.15) is 4.31 Å². The SMILES string of the molecule is CC(=O)c1ccc(S(=O)(=O)N2CCN(C(=O)NC3CC3)CC2)cc1. The van der Waals surface area contributed by atoms with Crippen LogP contribution in [0.5, 0.6) is 0 Å². The van der Waals surface area contributed by atoms with E-state index in [1.54, 1.807) is 4.90 Å². The lowest BCUT2D eigenvalue weighted by atomic mass is 10.2. The molecule has 0 spiro atoms. The molecular weight excluding hydrogens is 330 g/mol. The van der Waals surface area contributed by atoms with Crippen LogP contribution in [0.2, 0.25) is 0 Å². The van der Waals surface area contributed by atoms with Crippen LogP contribution in [0.15, 0.2) is 29.2 Å². The molecule has 8 heteroatoms. The smallest absolute Gasteiger partial charge is 0.317 e. The van der Waals surface area contributed by atoms with Crippen molar-refractivity contribution in [1.29, 1.82) is 0 Å². The van der Waals surface area contributed by atoms with Crippen molar-refractivity contribution in [3.05, 3.63) is 29.8 Å². The van der Waals surface area contributed by atoms with Crippen LogP contribution in [0.25, 0.3) is 0 Å². The number of hydrogen-bond acceptors (Lipinski definition) is 4. The Morgan fingerprint density at radius 2 is 1.62 bits per heavy atom. The van der Waals surface area contributed by atoms with Gasteiger partial charge in [0.25, 0.3) is 0 Å². The second kappa shape index (κ2) is 6.52. The summed E-state index contributed by atoms with van der Waals surface area (Å²) in [6.45, 7) is 2.74. The Bertz CT molecular complexity index is 733. The number of carbonyl (C=O) groups is 2. The van der Waals surface area contributed by atoms with E-state index in [4.69, 9.17) is 0 Å². The summed E-state index contributed by atoms with van der Waals surface area (Å²) in [6, 6.07) is 6.14. The Labute approximate surface area is 141 Å². The van der Waals surface area contributed by atoms with E-state index in [2.05, 4.69) is 5.32 Å². The largest absolute Gasteiger partial charge is 0.335 e. The molecule has 0 bridgehead atoms. The summed E-state index contributed by atoms with van der Waals surface area (Å²) in [5.74, 6) is -0.103. The number of benzene rings is 1. The van der Waals surface area contributed by atoms with E-state index in [9.17, 15) is 18.0 Å². The predicted octanol–water partition coefficient (Wildman–Crippen LogP) is 1.07. The molecule has 0 unspecified atom stereocenters. The summed E-state index contributed by atoms with van der Waals surface area (Å²) in [5.41, 5.74) is 0.482. The van der Waals surface area contributed by atoms with Crippen LogP contribution in [0, 0.1) is 0 Å². The number of nitrogens with zero attached hydrogens (tertiary/aromatic N) is 2. The van der Waals surface area contributed by atoms with E-state index in [1.807, 2.05) is 0 Å². The van der Waals surface area contributed by atoms with Crippen molar-refractivity contribution < 1.29 is 18.0 Å². The van der Waals surface area contributed by atoms with E-state index < -0.39 is 10.0 Å². The monoisotopic (exact) mass is 351 g/mol. The van der Waals surface area contributed by atoms with Crippen LogP contribution >= 0.6 is 0 Å². The Balaban J connectivity index is 1.63. The van der Waals surface area contributed by atoms with E-state index in [-0.39, 0.29) is 29.8 Å². The predicted molar refractivity (Wildman–Crippen MR) is 88.3 cm³/mol. The average molecular weight is 351 g/mol. The van der Waals surface area contributed by atoms with Crippen molar-refractivity contribution in [2.24, 2.45) is 0 Å². The van der Waals surface area contributed by atoms with Crippen molar-refractivity contribution in [3.63, 3.8) is 0 Å². The maximum atomic E-state index is 12.7. The number of sulfonamides is 1. The first-order valence-electron chi connectivity index (χ1n) is 8.04. The summed E-state index contributed by atoms with van der Waals surface area (Å²) < 4.78 is 26.7. The molecular formula is C16H21N3O4S. The first kappa shape index (κ1) is 16.9. The van der Waals surface area contributed by atoms with Gasteiger partial charge >= 0.3 is 6.03 Å². The molecule has 2 fully saturated rings. The maximum Gasteiger partial charge on any atom is 0.317 e. The van der Waals surface area contributed by atoms with Gasteiger partial charge in [-0.15, -0.1) is 0 Å². The van der Waals surface area contributed by atoms with Crippen LogP contribution in [0.3, 0.4) is 0 Å². The van der Waals surface area contributed by atoms with Gasteiger partial charge < -0.3 is 10.2 Å². The fraction of sp³-hybridized carbons (Fsp3) is 0.500. The van der Waals surface area contributed by atoms with Crippen molar-refractivity contribution in [1.82, 2.24) is 14.5 Å². The number of amides is 2. The quantitative estimate of drug-likeness (QED) is 0.822. The molecule has 2 amide bonds. The van der Waals surface area contributed by atoms with Crippen molar-refractivity contribution in [3.8, 4) is 0 Å². The minimum Gasteiger partial charge on any atom is -0.335 e. The van der Waals surface area contributed by atoms with Gasteiger partial charge in [0.05, 0.1) is 4.90 Å². The highest BCUT2D eigenvalue weighted by molar-refractivity contribution is 7.89. The molecule has 1 aromatic carbocycles. The zero-order valence-corrected chi connectivity index (χ0v) is 14.4. The van der Waals surface area contributed by atoms with Crippen molar-refractivity contribution in [2.75, 3.05) is 26.2 Å². The van der Waals surface area contributed by atoms with Gasteiger partial charge in [-0.3, -0.25) is 4.79 Å². The van der Waals surface area contributed by atoms with E-state index in [0.717, 1.165) is 12.8 Å². The minimum atomic E-state index is -3.60. The zero-order chi connectivity index (χ0) is 17.3. The molecule has 3 rings (SSSR count). The standard InChI is InChI=1S/C16H21N3O4S/c1-12(20)13-2-6-15(7-3-13)24(22,23)19-10-8-18(9-11-19)16(21)17-14-4-5-14/h2-3,6-7,14H,4-5,8-11H2,1H3,(H,17,21). The molecule has 24 heavy (non-hydrogen) atoms. The third-order valence-electron chi connectivity index (χ3n) is 4.33. The normalized spacial score (nSPS) is 19.1. The van der Waals surface area contributed by atoms with Crippen LogP contribution < -0.4 is 5.32 Å². The Morgan fingerprint density at radius 1 is 1.04 bits per heavy atom. The zero-order valence-electron chi connectivity index (χ0n) is 13.6. The molecule has 0 radical (unpaired) electrons. The fourth-order valence-corrected chi connectivity index (χ4v) is 4.06. The van der Waals surface area contributed by atoms with Gasteiger partial charge in [-0.25, -0.2) is 13.2 Å². The molecule has 1 N–H and O–H groups in total. The molecule has 0 aromatic heterocycles. The highest BCUT2D eigenvalue weighted by atomic mass is 32.2. The number of rotatable bonds is 4. The molecule has 7 nitrogen and oxygen atoms in total. The average Bonchev–Trinajstić information content (AvgIpc) is 3.39. The van der Waals surface area contributed by atoms with Gasteiger partial charge in [0.1, 0.15) is 0 Å². The van der Waals surface area contributed by atoms with Gasteiger partial charge in [0.2, 0.25) is 10.0 Å². The summed E-state index contributed by atoms with van der Waals surface area (Å²) in [6.07, 6.45) is 2.05. The lowest BCUT2D eigenvalue weighted by Gasteiger charge is -2.34. The first-order valence-corrected chi connectivity index (χ1v) is 9.48. The number of urea groups is 1. The molecule has 1 saturated heterocycles. The Morgan fingerprint density at radius 3 is 2.12 bits per heavy atom. The number of nitrogens with one attached hydrogen (secondary N) is 1. The lowest BCUT2D eigenvalue weighted by molar-refractivity contribution is 0.101. The molecule has 1 aliphatic heterocycles. The number of carbonyl (C=O) groups excluding carboxylic acids is 2. The maximum absolute atomic E-state index is 12.7. The molecule has 1 saturated carbocycles. The van der Waals surface area contributed by atoms with Crippen LogP contribution in [0.4, 0.5) is 4.79 Å².